The van der Waals surface area contributed by atoms with Crippen molar-refractivity contribution in [3.63, 3.8) is 0 Å². The molecule has 0 aliphatic heterocycles. The van der Waals surface area contributed by atoms with Gasteiger partial charge in [-0.3, -0.25) is 4.79 Å². The Bertz CT molecular complexity index is 480. The van der Waals surface area contributed by atoms with Crippen LogP contribution in [-0.4, -0.2) is 49.9 Å². The Morgan fingerprint density at radius 2 is 1.41 bits per heavy atom. The fourth-order valence-electron chi connectivity index (χ4n) is 0.657. The van der Waals surface area contributed by atoms with E-state index in [4.69, 9.17) is 10.2 Å². The van der Waals surface area contributed by atoms with Gasteiger partial charge in [0.05, 0.1) is 6.42 Å². The van der Waals surface area contributed by atoms with Crippen LogP contribution in [-0.2, 0) is 14.5 Å². The first kappa shape index (κ1) is 44.1. The van der Waals surface area contributed by atoms with Gasteiger partial charge in [0.25, 0.3) is 0 Å². The van der Waals surface area contributed by atoms with Crippen LogP contribution in [0.15, 0.2) is 12.2 Å². The molecule has 0 aliphatic rings. The first-order valence-electron chi connectivity index (χ1n) is 8.22. The summed E-state index contributed by atoms with van der Waals surface area (Å²) >= 11 is 10.3. The van der Waals surface area contributed by atoms with E-state index in [2.05, 4.69) is 103 Å². The maximum absolute atomic E-state index is 11.8. The van der Waals surface area contributed by atoms with Crippen molar-refractivity contribution in [2.24, 2.45) is 0 Å². The van der Waals surface area contributed by atoms with Crippen molar-refractivity contribution in [3.8, 4) is 0 Å². The SMILES string of the molecule is CCC(C)I.CSC(CC(=O)O)C(F)(F)F.O=C(O)/C=C/C(F)(F)F.[CH2-]CC.[I][V]([I])[I]. The second kappa shape index (κ2) is 27.7. The van der Waals surface area contributed by atoms with Crippen LogP contribution in [0.25, 0.3) is 0 Å². The van der Waals surface area contributed by atoms with Crippen molar-refractivity contribution in [3.05, 3.63) is 19.1 Å². The van der Waals surface area contributed by atoms with E-state index in [1.165, 1.54) is 12.7 Å². The summed E-state index contributed by atoms with van der Waals surface area (Å²) in [5.41, 5.74) is 0. The summed E-state index contributed by atoms with van der Waals surface area (Å²) in [5, 5.41) is 14.0. The normalized spacial score (nSPS) is 12.5. The van der Waals surface area contributed by atoms with Crippen molar-refractivity contribution in [1.29, 1.82) is 0 Å². The van der Waals surface area contributed by atoms with Crippen LogP contribution in [0.5, 0.6) is 0 Å². The van der Waals surface area contributed by atoms with Gasteiger partial charge in [-0.25, -0.2) is 4.79 Å². The van der Waals surface area contributed by atoms with Crippen LogP contribution in [0.3, 0.4) is 0 Å². The van der Waals surface area contributed by atoms with Crippen molar-refractivity contribution in [2.45, 2.75) is 61.6 Å². The third-order valence-electron chi connectivity index (χ3n) is 1.99. The first-order valence-corrected chi connectivity index (χ1v) is 24.3. The molecule has 196 valence electrons. The third-order valence-corrected chi connectivity index (χ3v) is 3.87. The van der Waals surface area contributed by atoms with E-state index in [1.54, 1.807) is 0 Å². The molecule has 2 atom stereocenters. The van der Waals surface area contributed by atoms with E-state index in [-0.39, 0.29) is 17.1 Å². The molecule has 0 saturated carbocycles. The van der Waals surface area contributed by atoms with E-state index >= 15 is 0 Å². The van der Waals surface area contributed by atoms with Crippen molar-refractivity contribution in [1.82, 2.24) is 0 Å². The number of rotatable bonds is 5. The summed E-state index contributed by atoms with van der Waals surface area (Å²) in [6.07, 6.45) is -6.59. The topological polar surface area (TPSA) is 74.6 Å². The number of alkyl halides is 7. The molecule has 0 bridgehead atoms. The predicted molar refractivity (Wildman–Crippen MR) is 150 cm³/mol. The number of carboxylic acid groups (broad SMARTS) is 2. The van der Waals surface area contributed by atoms with Gasteiger partial charge in [0.2, 0.25) is 0 Å². The van der Waals surface area contributed by atoms with Crippen LogP contribution < -0.4 is 0 Å². The monoisotopic (exact) mass is 987 g/mol. The molecule has 0 rings (SSSR count). The quantitative estimate of drug-likeness (QED) is 0.0947. The first-order chi connectivity index (χ1) is 14.2. The summed E-state index contributed by atoms with van der Waals surface area (Å²) < 4.78 is 69.4. The van der Waals surface area contributed by atoms with Crippen LogP contribution >= 0.6 is 94.3 Å². The van der Waals surface area contributed by atoms with Crippen molar-refractivity contribution in [2.75, 3.05) is 6.26 Å². The van der Waals surface area contributed by atoms with Crippen molar-refractivity contribution < 1.29 is 51.1 Å². The van der Waals surface area contributed by atoms with Crippen LogP contribution in [0.2, 0.25) is 0 Å². The van der Waals surface area contributed by atoms with E-state index < -0.39 is 36.0 Å². The molecule has 0 heterocycles. The van der Waals surface area contributed by atoms with Crippen molar-refractivity contribution >= 4 is 106 Å². The molecule has 32 heavy (non-hydrogen) atoms. The van der Waals surface area contributed by atoms with Gasteiger partial charge >= 0.3 is 89.1 Å². The number of hydrogen-bond acceptors (Lipinski definition) is 3. The molecule has 0 aliphatic carbocycles. The number of carboxylic acids is 2. The molecule has 0 spiro atoms. The molecule has 0 fully saturated rings. The summed E-state index contributed by atoms with van der Waals surface area (Å²) in [4.78, 5) is 19.1. The van der Waals surface area contributed by atoms with E-state index in [9.17, 15) is 35.9 Å². The van der Waals surface area contributed by atoms with Gasteiger partial charge in [0.15, 0.2) is 0 Å². The Morgan fingerprint density at radius 1 is 1.09 bits per heavy atom. The van der Waals surface area contributed by atoms with Gasteiger partial charge in [-0.1, -0.05) is 43.4 Å². The predicted octanol–water partition coefficient (Wildman–Crippen LogP) is 9.05. The number of halogens is 10. The Morgan fingerprint density at radius 3 is 1.47 bits per heavy atom. The molecular formula is C16H26F6I4O4SV-. The van der Waals surface area contributed by atoms with E-state index in [0.29, 0.717) is 11.8 Å². The molecular weight excluding hydrogens is 961 g/mol. The number of aliphatic carboxylic acids is 2. The zero-order valence-electron chi connectivity index (χ0n) is 17.5. The van der Waals surface area contributed by atoms with Gasteiger partial charge in [-0.05, 0) is 12.7 Å². The van der Waals surface area contributed by atoms with Gasteiger partial charge in [0.1, 0.15) is 5.25 Å². The average Bonchev–Trinajstić information content (AvgIpc) is 2.57. The van der Waals surface area contributed by atoms with Gasteiger partial charge in [0, 0.05) is 16.1 Å². The molecule has 0 amide bonds. The summed E-state index contributed by atoms with van der Waals surface area (Å²) in [6.45, 7) is 9.90. The molecule has 2 N–H and O–H groups in total. The number of hydrogen-bond donors (Lipinski definition) is 2. The minimum atomic E-state index is -4.53. The molecule has 16 heteroatoms. The maximum atomic E-state index is 11.8. The molecule has 0 aromatic carbocycles. The zero-order valence-corrected chi connectivity index (χ0v) is 28.3. The summed E-state index contributed by atoms with van der Waals surface area (Å²) in [6, 6.07) is 0. The number of carbonyl (C=O) groups is 2. The zero-order chi connectivity index (χ0) is 27.1. The third kappa shape index (κ3) is 63.6. The Labute approximate surface area is 241 Å². The molecule has 2 unspecified atom stereocenters. The van der Waals surface area contributed by atoms with Gasteiger partial charge in [-0.15, -0.1) is 0 Å². The molecule has 0 radical (unpaired) electrons. The average molecular weight is 987 g/mol. The van der Waals surface area contributed by atoms with Crippen LogP contribution in [0.4, 0.5) is 26.3 Å². The number of thioether (sulfide) groups is 1. The van der Waals surface area contributed by atoms with Crippen LogP contribution in [0.1, 0.15) is 40.0 Å². The molecule has 4 nitrogen and oxygen atoms in total. The molecule has 0 saturated heterocycles. The van der Waals surface area contributed by atoms with Gasteiger partial charge < -0.3 is 17.1 Å². The van der Waals surface area contributed by atoms with E-state index in [0.717, 1.165) is 10.3 Å². The fraction of sp³-hybridized carbons (Fsp3) is 0.688. The van der Waals surface area contributed by atoms with Crippen LogP contribution in [0, 0.1) is 6.92 Å². The number of allylic oxidation sites excluding steroid dienone is 1. The Hall–Kier alpha value is 2.11. The Kier molecular flexibility index (Phi) is 38.2. The fourth-order valence-corrected chi connectivity index (χ4v) is 1.23. The standard InChI is InChI=1S/C5H7F3O2S.C4H3F3O2.C4H9I.C3H7.3HI.V/c1-11-3(2-4(9)10)5(6,7)8;5-4(6,7)2-1-3(8)9;1-3-4(2)5;1-3-2;;;;/h3H,2H2,1H3,(H,9,10);1-2H,(H,8,9);4H,3H2,1-2H3;1,3H2,2H3;3*1H;/q;;;-1;;;;+3/p-3/b;2-1+;;;;;;. The summed E-state index contributed by atoms with van der Waals surface area (Å²) in [5.74, 6) is -3.03. The van der Waals surface area contributed by atoms with Gasteiger partial charge in [-0.2, -0.15) is 44.5 Å². The molecule has 0 aromatic heterocycles. The minimum absolute atomic E-state index is 0.0417. The Balaban J connectivity index is -0.000000103. The second-order valence-corrected chi connectivity index (χ2v) is 43.5. The van der Waals surface area contributed by atoms with E-state index in [1.807, 2.05) is 6.92 Å². The second-order valence-electron chi connectivity index (χ2n) is 4.96. The summed E-state index contributed by atoms with van der Waals surface area (Å²) in [7, 11) is 0. The molecule has 0 aromatic rings.